The summed E-state index contributed by atoms with van der Waals surface area (Å²) in [6.07, 6.45) is 3.59. The maximum Gasteiger partial charge on any atom is 0.227 e. The molecule has 5 heteroatoms. The number of nitrogens with one attached hydrogen (secondary N) is 2. The van der Waals surface area contributed by atoms with E-state index in [4.69, 9.17) is 4.74 Å². The lowest BCUT2D eigenvalue weighted by atomic mass is 10.0. The summed E-state index contributed by atoms with van der Waals surface area (Å²) in [4.78, 5) is 16.4. The van der Waals surface area contributed by atoms with Crippen LogP contribution in [-0.2, 0) is 16.0 Å². The summed E-state index contributed by atoms with van der Waals surface area (Å²) in [6, 6.07) is 5.96. The number of ether oxygens (including phenoxy) is 1. The van der Waals surface area contributed by atoms with Gasteiger partial charge in [-0.2, -0.15) is 0 Å². The van der Waals surface area contributed by atoms with Crippen molar-refractivity contribution in [2.45, 2.75) is 25.8 Å². The highest BCUT2D eigenvalue weighted by molar-refractivity contribution is 5.79. The maximum atomic E-state index is 12.2. The first-order valence-corrected chi connectivity index (χ1v) is 7.30. The van der Waals surface area contributed by atoms with Crippen LogP contribution in [0.1, 0.15) is 19.0 Å². The summed E-state index contributed by atoms with van der Waals surface area (Å²) in [6.45, 7) is 4.79. The van der Waals surface area contributed by atoms with Crippen LogP contribution < -0.4 is 10.6 Å². The van der Waals surface area contributed by atoms with Gasteiger partial charge in [0.25, 0.3) is 0 Å². The number of pyridine rings is 1. The maximum absolute atomic E-state index is 12.2. The highest BCUT2D eigenvalue weighted by Gasteiger charge is 2.33. The molecule has 110 valence electrons. The molecule has 1 aromatic rings. The first-order valence-electron chi connectivity index (χ1n) is 7.30. The molecular formula is C15H23N3O2. The number of rotatable bonds is 7. The molecule has 1 aromatic heterocycles. The van der Waals surface area contributed by atoms with E-state index in [-0.39, 0.29) is 17.9 Å². The standard InChI is InChI=1S/C15H23N3O2/c1-2-7-17-14-11-20-10-13(14)15(19)18-9-6-12-5-3-4-8-16-12/h3-5,8,13-14,17H,2,6-7,9-11H2,1H3,(H,18,19). The first kappa shape index (κ1) is 14.9. The molecule has 0 radical (unpaired) electrons. The Morgan fingerprint density at radius 3 is 3.05 bits per heavy atom. The highest BCUT2D eigenvalue weighted by atomic mass is 16.5. The molecule has 1 fully saturated rings. The Labute approximate surface area is 120 Å². The molecule has 20 heavy (non-hydrogen) atoms. The van der Waals surface area contributed by atoms with Crippen molar-refractivity contribution in [2.24, 2.45) is 5.92 Å². The minimum absolute atomic E-state index is 0.0760. The summed E-state index contributed by atoms with van der Waals surface area (Å²) < 4.78 is 5.42. The van der Waals surface area contributed by atoms with Gasteiger partial charge in [-0.25, -0.2) is 0 Å². The average Bonchev–Trinajstić information content (AvgIpc) is 2.94. The van der Waals surface area contributed by atoms with E-state index < -0.39 is 0 Å². The van der Waals surface area contributed by atoms with Crippen molar-refractivity contribution in [3.8, 4) is 0 Å². The van der Waals surface area contributed by atoms with Gasteiger partial charge in [-0.1, -0.05) is 13.0 Å². The van der Waals surface area contributed by atoms with Crippen LogP contribution in [0.25, 0.3) is 0 Å². The van der Waals surface area contributed by atoms with Gasteiger partial charge in [0.15, 0.2) is 0 Å². The fraction of sp³-hybridized carbons (Fsp3) is 0.600. The monoisotopic (exact) mass is 277 g/mol. The van der Waals surface area contributed by atoms with E-state index in [1.165, 1.54) is 0 Å². The fourth-order valence-corrected chi connectivity index (χ4v) is 2.33. The van der Waals surface area contributed by atoms with Crippen LogP contribution in [0, 0.1) is 5.92 Å². The number of carbonyl (C=O) groups is 1. The number of aromatic nitrogens is 1. The van der Waals surface area contributed by atoms with Gasteiger partial charge in [0, 0.05) is 30.9 Å². The summed E-state index contributed by atoms with van der Waals surface area (Å²) >= 11 is 0. The molecule has 0 aromatic carbocycles. The average molecular weight is 277 g/mol. The number of hydrogen-bond acceptors (Lipinski definition) is 4. The number of carbonyl (C=O) groups excluding carboxylic acids is 1. The van der Waals surface area contributed by atoms with Crippen LogP contribution in [0.2, 0.25) is 0 Å². The third-order valence-corrected chi connectivity index (χ3v) is 3.48. The molecule has 1 saturated heterocycles. The number of amides is 1. The number of hydrogen-bond donors (Lipinski definition) is 2. The van der Waals surface area contributed by atoms with Crippen molar-refractivity contribution in [2.75, 3.05) is 26.3 Å². The second-order valence-corrected chi connectivity index (χ2v) is 5.07. The predicted octanol–water partition coefficient (Wildman–Crippen LogP) is 0.755. The largest absolute Gasteiger partial charge is 0.379 e. The van der Waals surface area contributed by atoms with E-state index >= 15 is 0 Å². The van der Waals surface area contributed by atoms with Crippen LogP contribution in [0.5, 0.6) is 0 Å². The van der Waals surface area contributed by atoms with Gasteiger partial charge in [0.1, 0.15) is 0 Å². The van der Waals surface area contributed by atoms with E-state index in [0.29, 0.717) is 19.8 Å². The van der Waals surface area contributed by atoms with Gasteiger partial charge < -0.3 is 15.4 Å². The normalized spacial score (nSPS) is 21.9. The molecule has 2 rings (SSSR count). The van der Waals surface area contributed by atoms with Crippen LogP contribution in [-0.4, -0.2) is 43.2 Å². The quantitative estimate of drug-likeness (QED) is 0.772. The second-order valence-electron chi connectivity index (χ2n) is 5.07. The van der Waals surface area contributed by atoms with Gasteiger partial charge >= 0.3 is 0 Å². The summed E-state index contributed by atoms with van der Waals surface area (Å²) in [5, 5.41) is 6.35. The molecule has 0 saturated carbocycles. The Morgan fingerprint density at radius 2 is 2.30 bits per heavy atom. The molecule has 2 N–H and O–H groups in total. The first-order chi connectivity index (χ1) is 9.81. The Kier molecular flexibility index (Phi) is 5.95. The lowest BCUT2D eigenvalue weighted by molar-refractivity contribution is -0.125. The van der Waals surface area contributed by atoms with Crippen molar-refractivity contribution in [3.63, 3.8) is 0 Å². The van der Waals surface area contributed by atoms with Crippen molar-refractivity contribution < 1.29 is 9.53 Å². The van der Waals surface area contributed by atoms with Crippen LogP contribution >= 0.6 is 0 Å². The fourth-order valence-electron chi connectivity index (χ4n) is 2.33. The third kappa shape index (κ3) is 4.28. The molecule has 1 aliphatic rings. The summed E-state index contributed by atoms with van der Waals surface area (Å²) in [5.74, 6) is -0.00248. The topological polar surface area (TPSA) is 63.2 Å². The Bertz CT molecular complexity index is 411. The van der Waals surface area contributed by atoms with Gasteiger partial charge in [0.05, 0.1) is 19.1 Å². The van der Waals surface area contributed by atoms with Gasteiger partial charge in [-0.15, -0.1) is 0 Å². The highest BCUT2D eigenvalue weighted by Crippen LogP contribution is 2.13. The lowest BCUT2D eigenvalue weighted by Crippen LogP contribution is -2.44. The van der Waals surface area contributed by atoms with Gasteiger partial charge in [0.2, 0.25) is 5.91 Å². The number of nitrogens with zero attached hydrogens (tertiary/aromatic N) is 1. The zero-order valence-electron chi connectivity index (χ0n) is 12.0. The van der Waals surface area contributed by atoms with Gasteiger partial charge in [-0.05, 0) is 25.1 Å². The molecule has 2 unspecified atom stereocenters. The Morgan fingerprint density at radius 1 is 1.40 bits per heavy atom. The summed E-state index contributed by atoms with van der Waals surface area (Å²) in [7, 11) is 0. The van der Waals surface area contributed by atoms with E-state index in [2.05, 4.69) is 22.5 Å². The zero-order chi connectivity index (χ0) is 14.2. The van der Waals surface area contributed by atoms with Crippen molar-refractivity contribution >= 4 is 5.91 Å². The lowest BCUT2D eigenvalue weighted by Gasteiger charge is -2.18. The van der Waals surface area contributed by atoms with E-state index in [0.717, 1.165) is 25.1 Å². The van der Waals surface area contributed by atoms with E-state index in [1.807, 2.05) is 18.2 Å². The van der Waals surface area contributed by atoms with Crippen LogP contribution in [0.3, 0.4) is 0 Å². The molecule has 0 aliphatic carbocycles. The second kappa shape index (κ2) is 7.97. The molecular weight excluding hydrogens is 254 g/mol. The molecule has 2 heterocycles. The van der Waals surface area contributed by atoms with Crippen molar-refractivity contribution in [1.82, 2.24) is 15.6 Å². The SMILES string of the molecule is CCCNC1COCC1C(=O)NCCc1ccccn1. The molecule has 1 aliphatic heterocycles. The zero-order valence-corrected chi connectivity index (χ0v) is 12.0. The van der Waals surface area contributed by atoms with Gasteiger partial charge in [-0.3, -0.25) is 9.78 Å². The van der Waals surface area contributed by atoms with E-state index in [9.17, 15) is 4.79 Å². The van der Waals surface area contributed by atoms with Crippen molar-refractivity contribution in [3.05, 3.63) is 30.1 Å². The van der Waals surface area contributed by atoms with E-state index in [1.54, 1.807) is 6.20 Å². The molecule has 0 spiro atoms. The van der Waals surface area contributed by atoms with Crippen LogP contribution in [0.4, 0.5) is 0 Å². The van der Waals surface area contributed by atoms with Crippen molar-refractivity contribution in [1.29, 1.82) is 0 Å². The smallest absolute Gasteiger partial charge is 0.227 e. The minimum atomic E-state index is -0.0784. The molecule has 2 atom stereocenters. The summed E-state index contributed by atoms with van der Waals surface area (Å²) in [5.41, 5.74) is 0.996. The predicted molar refractivity (Wildman–Crippen MR) is 77.3 cm³/mol. The molecule has 1 amide bonds. The Hall–Kier alpha value is -1.46. The Balaban J connectivity index is 1.73. The minimum Gasteiger partial charge on any atom is -0.379 e. The molecule has 5 nitrogen and oxygen atoms in total. The van der Waals surface area contributed by atoms with Crippen LogP contribution in [0.15, 0.2) is 24.4 Å². The molecule has 0 bridgehead atoms. The third-order valence-electron chi connectivity index (χ3n) is 3.48.